The third-order valence-electron chi connectivity index (χ3n) is 5.88. The van der Waals surface area contributed by atoms with E-state index in [1.54, 1.807) is 29.6 Å². The molecule has 3 aromatic rings. The number of nitro benzene ring substituents is 1. The van der Waals surface area contributed by atoms with Gasteiger partial charge in [0.05, 0.1) is 16.4 Å². The third kappa shape index (κ3) is 5.60. The highest BCUT2D eigenvalue weighted by Gasteiger charge is 2.26. The lowest BCUT2D eigenvalue weighted by Gasteiger charge is -2.31. The van der Waals surface area contributed by atoms with E-state index in [9.17, 15) is 19.7 Å². The molecule has 8 nitrogen and oxygen atoms in total. The van der Waals surface area contributed by atoms with E-state index < -0.39 is 4.92 Å². The lowest BCUT2D eigenvalue weighted by atomic mass is 9.97. The Morgan fingerprint density at radius 1 is 1.12 bits per heavy atom. The minimum absolute atomic E-state index is 0.0300. The van der Waals surface area contributed by atoms with E-state index in [2.05, 4.69) is 10.3 Å². The van der Waals surface area contributed by atoms with Crippen LogP contribution >= 0.6 is 22.9 Å². The topological polar surface area (TPSA) is 105 Å². The molecule has 0 atom stereocenters. The van der Waals surface area contributed by atoms with Crippen LogP contribution in [0.25, 0.3) is 0 Å². The summed E-state index contributed by atoms with van der Waals surface area (Å²) in [4.78, 5) is 42.2. The van der Waals surface area contributed by atoms with Crippen molar-refractivity contribution in [2.45, 2.75) is 31.7 Å². The first-order valence-corrected chi connectivity index (χ1v) is 12.1. The Morgan fingerprint density at radius 3 is 2.50 bits per heavy atom. The van der Waals surface area contributed by atoms with Gasteiger partial charge in [0.2, 0.25) is 5.91 Å². The smallest absolute Gasteiger partial charge is 0.274 e. The fraction of sp³-hybridized carbons (Fsp3) is 0.292. The highest BCUT2D eigenvalue weighted by atomic mass is 35.5. The monoisotopic (exact) mass is 498 g/mol. The van der Waals surface area contributed by atoms with Crippen LogP contribution in [0.3, 0.4) is 0 Å². The molecule has 1 aliphatic rings. The van der Waals surface area contributed by atoms with Gasteiger partial charge in [-0.2, -0.15) is 0 Å². The quantitative estimate of drug-likeness (QED) is 0.379. The largest absolute Gasteiger partial charge is 0.346 e. The average molecular weight is 499 g/mol. The number of carbonyl (C=O) groups excluding carboxylic acids is 2. The van der Waals surface area contributed by atoms with Crippen molar-refractivity contribution in [3.05, 3.63) is 90.9 Å². The maximum absolute atomic E-state index is 12.7. The molecule has 2 heterocycles. The molecule has 0 unspecified atom stereocenters. The van der Waals surface area contributed by atoms with Crippen molar-refractivity contribution in [2.75, 3.05) is 13.1 Å². The molecule has 0 spiro atoms. The molecule has 2 amide bonds. The number of aromatic nitrogens is 1. The van der Waals surface area contributed by atoms with Gasteiger partial charge >= 0.3 is 0 Å². The maximum Gasteiger partial charge on any atom is 0.274 e. The molecule has 1 N–H and O–H groups in total. The molecule has 1 saturated heterocycles. The summed E-state index contributed by atoms with van der Waals surface area (Å²) < 4.78 is 0. The minimum Gasteiger partial charge on any atom is -0.346 e. The van der Waals surface area contributed by atoms with Gasteiger partial charge in [-0.25, -0.2) is 4.98 Å². The molecule has 1 fully saturated rings. The first-order valence-electron chi connectivity index (χ1n) is 10.9. The summed E-state index contributed by atoms with van der Waals surface area (Å²) >= 11 is 7.60. The van der Waals surface area contributed by atoms with Crippen molar-refractivity contribution in [1.29, 1.82) is 0 Å². The van der Waals surface area contributed by atoms with Gasteiger partial charge in [0, 0.05) is 47.6 Å². The van der Waals surface area contributed by atoms with Crippen molar-refractivity contribution in [2.24, 2.45) is 0 Å². The van der Waals surface area contributed by atoms with Crippen LogP contribution in [0.15, 0.2) is 53.9 Å². The van der Waals surface area contributed by atoms with Crippen LogP contribution in [-0.4, -0.2) is 39.7 Å². The van der Waals surface area contributed by atoms with Gasteiger partial charge in [-0.1, -0.05) is 48.0 Å². The summed E-state index contributed by atoms with van der Waals surface area (Å²) in [6.07, 6.45) is 1.84. The molecule has 0 saturated carbocycles. The zero-order valence-corrected chi connectivity index (χ0v) is 19.8. The lowest BCUT2D eigenvalue weighted by Crippen LogP contribution is -2.38. The number of benzene rings is 2. The normalized spacial score (nSPS) is 14.1. The summed E-state index contributed by atoms with van der Waals surface area (Å²) in [6.45, 7) is 1.31. The number of likely N-dealkylation sites (tertiary alicyclic amines) is 1. The molecule has 10 heteroatoms. The second-order valence-corrected chi connectivity index (χ2v) is 9.36. The van der Waals surface area contributed by atoms with Gasteiger partial charge in [0.15, 0.2) is 0 Å². The first-order chi connectivity index (χ1) is 16.4. The fourth-order valence-corrected chi connectivity index (χ4v) is 5.15. The van der Waals surface area contributed by atoms with Crippen LogP contribution in [0, 0.1) is 10.1 Å². The van der Waals surface area contributed by atoms with Crippen LogP contribution in [0.4, 0.5) is 5.69 Å². The van der Waals surface area contributed by atoms with E-state index in [0.29, 0.717) is 29.4 Å². The molecular weight excluding hydrogens is 476 g/mol. The summed E-state index contributed by atoms with van der Waals surface area (Å²) in [7, 11) is 0. The van der Waals surface area contributed by atoms with Crippen molar-refractivity contribution >= 4 is 40.4 Å². The SMILES string of the molecule is O=C(NCc1ccccc1[N+](=O)[O-])c1csc(C2CCN(C(=O)Cc3ccccc3Cl)CC2)n1. The number of para-hydroxylation sites is 1. The molecule has 0 bridgehead atoms. The number of thiazole rings is 1. The van der Waals surface area contributed by atoms with Gasteiger partial charge in [-0.3, -0.25) is 19.7 Å². The maximum atomic E-state index is 12.7. The number of hydrogen-bond acceptors (Lipinski definition) is 6. The molecule has 0 aliphatic carbocycles. The van der Waals surface area contributed by atoms with Crippen LogP contribution in [0.1, 0.15) is 45.4 Å². The fourth-order valence-electron chi connectivity index (χ4n) is 3.98. The van der Waals surface area contributed by atoms with Crippen molar-refractivity contribution in [3.8, 4) is 0 Å². The second-order valence-electron chi connectivity index (χ2n) is 8.06. The Hall–Kier alpha value is -3.30. The predicted octanol–water partition coefficient (Wildman–Crippen LogP) is 4.58. The van der Waals surface area contributed by atoms with E-state index in [4.69, 9.17) is 11.6 Å². The average Bonchev–Trinajstić information content (AvgIpc) is 3.35. The zero-order valence-electron chi connectivity index (χ0n) is 18.3. The highest BCUT2D eigenvalue weighted by molar-refractivity contribution is 7.09. The van der Waals surface area contributed by atoms with Gasteiger partial charge in [-0.15, -0.1) is 11.3 Å². The van der Waals surface area contributed by atoms with Crippen molar-refractivity contribution < 1.29 is 14.5 Å². The van der Waals surface area contributed by atoms with Gasteiger partial charge in [0.25, 0.3) is 11.6 Å². The van der Waals surface area contributed by atoms with E-state index in [1.807, 2.05) is 23.1 Å². The number of rotatable bonds is 7. The number of nitrogens with zero attached hydrogens (tertiary/aromatic N) is 3. The van der Waals surface area contributed by atoms with E-state index >= 15 is 0 Å². The summed E-state index contributed by atoms with van der Waals surface area (Å²) in [5.41, 5.74) is 1.53. The number of amides is 2. The van der Waals surface area contributed by atoms with Gasteiger partial charge in [0.1, 0.15) is 5.69 Å². The molecule has 0 radical (unpaired) electrons. The Labute approximate surface area is 205 Å². The number of nitro groups is 1. The van der Waals surface area contributed by atoms with E-state index in [-0.39, 0.29) is 36.4 Å². The van der Waals surface area contributed by atoms with Crippen molar-refractivity contribution in [3.63, 3.8) is 0 Å². The Balaban J connectivity index is 1.30. The number of piperidine rings is 1. The molecule has 176 valence electrons. The Bertz CT molecular complexity index is 1210. The minimum atomic E-state index is -0.464. The van der Waals surface area contributed by atoms with Crippen LogP contribution in [0.2, 0.25) is 5.02 Å². The van der Waals surface area contributed by atoms with Crippen molar-refractivity contribution in [1.82, 2.24) is 15.2 Å². The molecule has 2 aromatic carbocycles. The number of halogens is 1. The summed E-state index contributed by atoms with van der Waals surface area (Å²) in [5.74, 6) is -0.125. The standard InChI is InChI=1S/C24H23ClN4O4S/c25-19-7-3-1-5-17(19)13-22(30)28-11-9-16(10-12-28)24-27-20(15-34-24)23(31)26-14-18-6-2-4-8-21(18)29(32)33/h1-8,15-16H,9-14H2,(H,26,31). The zero-order chi connectivity index (χ0) is 24.1. The highest BCUT2D eigenvalue weighted by Crippen LogP contribution is 2.31. The van der Waals surface area contributed by atoms with Crippen LogP contribution in [0.5, 0.6) is 0 Å². The number of carbonyl (C=O) groups is 2. The molecule has 4 rings (SSSR count). The third-order valence-corrected chi connectivity index (χ3v) is 7.25. The van der Waals surface area contributed by atoms with E-state index in [0.717, 1.165) is 23.4 Å². The van der Waals surface area contributed by atoms with E-state index in [1.165, 1.54) is 17.4 Å². The second kappa shape index (κ2) is 10.8. The summed E-state index contributed by atoms with van der Waals surface area (Å²) in [5, 5.41) is 17.0. The number of hydrogen-bond donors (Lipinski definition) is 1. The molecular formula is C24H23ClN4O4S. The Kier molecular flexibility index (Phi) is 7.54. The predicted molar refractivity (Wildman–Crippen MR) is 130 cm³/mol. The van der Waals surface area contributed by atoms with Crippen LogP contribution < -0.4 is 5.32 Å². The first kappa shape index (κ1) is 23.8. The van der Waals surface area contributed by atoms with Crippen LogP contribution in [-0.2, 0) is 17.8 Å². The van der Waals surface area contributed by atoms with Gasteiger partial charge in [-0.05, 0) is 24.5 Å². The molecule has 34 heavy (non-hydrogen) atoms. The summed E-state index contributed by atoms with van der Waals surface area (Å²) in [6, 6.07) is 13.7. The Morgan fingerprint density at radius 2 is 1.79 bits per heavy atom. The van der Waals surface area contributed by atoms with Gasteiger partial charge < -0.3 is 10.2 Å². The lowest BCUT2D eigenvalue weighted by molar-refractivity contribution is -0.385. The molecule has 1 aliphatic heterocycles. The number of nitrogens with one attached hydrogen (secondary N) is 1. The molecule has 1 aromatic heterocycles.